The first kappa shape index (κ1) is 19.4. The van der Waals surface area contributed by atoms with Crippen LogP contribution in [0.1, 0.15) is 11.1 Å². The van der Waals surface area contributed by atoms with Gasteiger partial charge >= 0.3 is 0 Å². The molecule has 3 rings (SSSR count). The first-order valence-corrected chi connectivity index (χ1v) is 9.12. The van der Waals surface area contributed by atoms with Gasteiger partial charge in [-0.05, 0) is 18.2 Å². The number of benzene rings is 2. The molecule has 1 N–H and O–H groups in total. The summed E-state index contributed by atoms with van der Waals surface area (Å²) in [5.41, 5.74) is 4.87. The van der Waals surface area contributed by atoms with E-state index in [0.29, 0.717) is 54.1 Å². The highest BCUT2D eigenvalue weighted by atomic mass is 35.5. The summed E-state index contributed by atoms with van der Waals surface area (Å²) in [7, 11) is 0. The van der Waals surface area contributed by atoms with Crippen LogP contribution >= 0.6 is 23.2 Å². The highest BCUT2D eigenvalue weighted by molar-refractivity contribution is 6.35. The average molecular weight is 409 g/mol. The number of halogens is 2. The van der Waals surface area contributed by atoms with Crippen LogP contribution in [-0.4, -0.2) is 37.4 Å². The number of ether oxygens (including phenoxy) is 1. The summed E-state index contributed by atoms with van der Waals surface area (Å²) < 4.78 is 5.30. The van der Waals surface area contributed by atoms with E-state index in [4.69, 9.17) is 27.9 Å². The van der Waals surface area contributed by atoms with Crippen LogP contribution in [0.3, 0.4) is 0 Å². The Morgan fingerprint density at radius 2 is 1.93 bits per heavy atom. The first-order valence-electron chi connectivity index (χ1n) is 8.36. The first-order chi connectivity index (χ1) is 13.1. The number of hydrazone groups is 1. The summed E-state index contributed by atoms with van der Waals surface area (Å²) >= 11 is 12.2. The van der Waals surface area contributed by atoms with Gasteiger partial charge in [0.05, 0.1) is 30.9 Å². The molecule has 2 aromatic rings. The minimum Gasteiger partial charge on any atom is -0.378 e. The van der Waals surface area contributed by atoms with Crippen molar-refractivity contribution in [3.8, 4) is 0 Å². The van der Waals surface area contributed by atoms with Gasteiger partial charge in [-0.25, -0.2) is 0 Å². The number of nitro groups is 1. The normalized spacial score (nSPS) is 14.5. The molecule has 142 valence electrons. The van der Waals surface area contributed by atoms with Crippen molar-refractivity contribution < 1.29 is 9.66 Å². The Hall–Kier alpha value is -2.35. The number of rotatable bonds is 6. The maximum absolute atomic E-state index is 11.5. The van der Waals surface area contributed by atoms with E-state index in [0.717, 1.165) is 5.56 Å². The van der Waals surface area contributed by atoms with E-state index in [-0.39, 0.29) is 10.6 Å². The molecule has 1 heterocycles. The number of morpholine rings is 1. The van der Waals surface area contributed by atoms with Crippen LogP contribution in [0.2, 0.25) is 10.0 Å². The fraction of sp³-hybridized carbons (Fsp3) is 0.278. The number of nitrogens with zero attached hydrogens (tertiary/aromatic N) is 3. The van der Waals surface area contributed by atoms with Crippen molar-refractivity contribution in [2.24, 2.45) is 5.10 Å². The second-order valence-corrected chi connectivity index (χ2v) is 6.71. The Balaban J connectivity index is 1.70. The van der Waals surface area contributed by atoms with Crippen molar-refractivity contribution in [3.05, 3.63) is 67.7 Å². The molecule has 2 aromatic carbocycles. The number of hydrogen-bond donors (Lipinski definition) is 1. The molecule has 0 atom stereocenters. The predicted molar refractivity (Wildman–Crippen MR) is 107 cm³/mol. The molecule has 0 aliphatic carbocycles. The van der Waals surface area contributed by atoms with Crippen LogP contribution in [0.4, 0.5) is 11.4 Å². The highest BCUT2D eigenvalue weighted by Gasteiger charge is 2.21. The van der Waals surface area contributed by atoms with E-state index in [2.05, 4.69) is 10.5 Å². The Kier molecular flexibility index (Phi) is 6.49. The lowest BCUT2D eigenvalue weighted by atomic mass is 10.1. The summed E-state index contributed by atoms with van der Waals surface area (Å²) in [6.45, 7) is 2.75. The molecule has 1 aliphatic heterocycles. The molecule has 1 saturated heterocycles. The predicted octanol–water partition coefficient (Wildman–Crippen LogP) is 3.86. The monoisotopic (exact) mass is 408 g/mol. The van der Waals surface area contributed by atoms with Gasteiger partial charge in [0.25, 0.3) is 5.69 Å². The fourth-order valence-electron chi connectivity index (χ4n) is 2.78. The molecule has 1 aliphatic rings. The van der Waals surface area contributed by atoms with Gasteiger partial charge in [0.15, 0.2) is 0 Å². The maximum atomic E-state index is 11.5. The molecule has 1 fully saturated rings. The second kappa shape index (κ2) is 9.03. The molecule has 27 heavy (non-hydrogen) atoms. The van der Waals surface area contributed by atoms with E-state index in [1.165, 1.54) is 12.3 Å². The average Bonchev–Trinajstić information content (AvgIpc) is 2.67. The smallest absolute Gasteiger partial charge is 0.293 e. The van der Waals surface area contributed by atoms with E-state index >= 15 is 0 Å². The van der Waals surface area contributed by atoms with Crippen molar-refractivity contribution in [3.63, 3.8) is 0 Å². The Morgan fingerprint density at radius 1 is 1.22 bits per heavy atom. The minimum atomic E-state index is -0.376. The maximum Gasteiger partial charge on any atom is 0.293 e. The standard InChI is InChI=1S/C18H18Cl2N4O3/c19-15-2-1-3-16(20)14(15)12-22-21-11-13-4-5-17(18(10-13)24(25)26)23-6-8-27-9-7-23/h1-5,10-11,22H,6-9,12H2/b21-11+. The number of hydrogen-bond acceptors (Lipinski definition) is 6. The minimum absolute atomic E-state index is 0.0509. The Bertz CT molecular complexity index is 834. The molecule has 0 radical (unpaired) electrons. The molecule has 0 saturated carbocycles. The topological polar surface area (TPSA) is 80.0 Å². The van der Waals surface area contributed by atoms with E-state index < -0.39 is 0 Å². The van der Waals surface area contributed by atoms with Crippen LogP contribution < -0.4 is 10.3 Å². The van der Waals surface area contributed by atoms with Gasteiger partial charge in [-0.2, -0.15) is 5.10 Å². The van der Waals surface area contributed by atoms with Crippen LogP contribution in [0.25, 0.3) is 0 Å². The van der Waals surface area contributed by atoms with Gasteiger partial charge in [0.2, 0.25) is 0 Å². The van der Waals surface area contributed by atoms with E-state index in [1.807, 2.05) is 4.90 Å². The SMILES string of the molecule is O=[N+]([O-])c1cc(/C=N/NCc2c(Cl)cccc2Cl)ccc1N1CCOCC1. The molecule has 0 unspecified atom stereocenters. The van der Waals surface area contributed by atoms with Gasteiger partial charge < -0.3 is 15.1 Å². The van der Waals surface area contributed by atoms with Crippen molar-refractivity contribution in [2.45, 2.75) is 6.54 Å². The lowest BCUT2D eigenvalue weighted by molar-refractivity contribution is -0.384. The number of nitrogens with one attached hydrogen (secondary N) is 1. The zero-order valence-corrected chi connectivity index (χ0v) is 15.9. The van der Waals surface area contributed by atoms with Crippen molar-refractivity contribution in [2.75, 3.05) is 31.2 Å². The molecule has 7 nitrogen and oxygen atoms in total. The largest absolute Gasteiger partial charge is 0.378 e. The van der Waals surface area contributed by atoms with Crippen molar-refractivity contribution in [1.29, 1.82) is 0 Å². The van der Waals surface area contributed by atoms with Gasteiger partial charge in [0.1, 0.15) is 5.69 Å². The third kappa shape index (κ3) is 4.88. The third-order valence-corrected chi connectivity index (χ3v) is 4.88. The zero-order chi connectivity index (χ0) is 19.2. The van der Waals surface area contributed by atoms with Crippen LogP contribution in [0, 0.1) is 10.1 Å². The van der Waals surface area contributed by atoms with Gasteiger partial charge in [-0.3, -0.25) is 10.1 Å². The summed E-state index contributed by atoms with van der Waals surface area (Å²) in [5, 5.41) is 16.7. The number of anilines is 1. The van der Waals surface area contributed by atoms with E-state index in [1.54, 1.807) is 30.3 Å². The fourth-order valence-corrected chi connectivity index (χ4v) is 3.32. The lowest BCUT2D eigenvalue weighted by Gasteiger charge is -2.28. The molecular formula is C18H18Cl2N4O3. The van der Waals surface area contributed by atoms with Gasteiger partial charge in [-0.1, -0.05) is 35.3 Å². The summed E-state index contributed by atoms with van der Waals surface area (Å²) in [6, 6.07) is 10.3. The summed E-state index contributed by atoms with van der Waals surface area (Å²) in [6.07, 6.45) is 1.53. The van der Waals surface area contributed by atoms with Crippen molar-refractivity contribution in [1.82, 2.24) is 5.43 Å². The van der Waals surface area contributed by atoms with Gasteiger partial charge in [-0.15, -0.1) is 0 Å². The van der Waals surface area contributed by atoms with Crippen LogP contribution in [-0.2, 0) is 11.3 Å². The quantitative estimate of drug-likeness (QED) is 0.445. The molecule has 0 spiro atoms. The number of nitro benzene ring substituents is 1. The highest BCUT2D eigenvalue weighted by Crippen LogP contribution is 2.29. The molecular weight excluding hydrogens is 391 g/mol. The molecule has 0 bridgehead atoms. The zero-order valence-electron chi connectivity index (χ0n) is 14.4. The molecule has 0 amide bonds. The Morgan fingerprint density at radius 3 is 2.59 bits per heavy atom. The third-order valence-electron chi connectivity index (χ3n) is 4.17. The second-order valence-electron chi connectivity index (χ2n) is 5.90. The molecule has 0 aromatic heterocycles. The van der Waals surface area contributed by atoms with E-state index in [9.17, 15) is 10.1 Å². The van der Waals surface area contributed by atoms with Crippen LogP contribution in [0.15, 0.2) is 41.5 Å². The lowest BCUT2D eigenvalue weighted by Crippen LogP contribution is -2.36. The Labute approximate surface area is 166 Å². The van der Waals surface area contributed by atoms with Gasteiger partial charge in [0, 0.05) is 40.3 Å². The van der Waals surface area contributed by atoms with Crippen molar-refractivity contribution >= 4 is 40.8 Å². The summed E-state index contributed by atoms with van der Waals surface area (Å²) in [4.78, 5) is 13.0. The van der Waals surface area contributed by atoms with Crippen LogP contribution in [0.5, 0.6) is 0 Å². The summed E-state index contributed by atoms with van der Waals surface area (Å²) in [5.74, 6) is 0. The molecule has 9 heteroatoms.